The molecule has 4 N–H and O–H groups in total. The van der Waals surface area contributed by atoms with E-state index in [1.807, 2.05) is 24.3 Å². The van der Waals surface area contributed by atoms with E-state index in [0.29, 0.717) is 5.56 Å². The van der Waals surface area contributed by atoms with Crippen molar-refractivity contribution in [2.24, 2.45) is 11.7 Å². The van der Waals surface area contributed by atoms with Crippen LogP contribution in [0.2, 0.25) is 0 Å². The van der Waals surface area contributed by atoms with Gasteiger partial charge in [-0.05, 0) is 49.4 Å². The number of hydrogen-bond donors (Lipinski definition) is 3. The van der Waals surface area contributed by atoms with Crippen molar-refractivity contribution >= 4 is 5.69 Å². The minimum atomic E-state index is -1.86. The van der Waals surface area contributed by atoms with E-state index in [1.165, 1.54) is 32.1 Å². The number of nitrogens with one attached hydrogen (secondary N) is 1. The fourth-order valence-corrected chi connectivity index (χ4v) is 2.74. The Morgan fingerprint density at radius 2 is 2.16 bits per heavy atom. The molecule has 1 aromatic rings. The molecule has 0 aliphatic heterocycles. The fraction of sp³-hybridized carbons (Fsp3) is 0.625. The highest BCUT2D eigenvalue weighted by Crippen LogP contribution is 2.25. The van der Waals surface area contributed by atoms with Crippen LogP contribution in [-0.2, 0) is 0 Å². The second-order valence-electron chi connectivity index (χ2n) is 5.43. The summed E-state index contributed by atoms with van der Waals surface area (Å²) >= 11 is 0. The van der Waals surface area contributed by atoms with Crippen molar-refractivity contribution in [3.05, 3.63) is 29.8 Å². The quantitative estimate of drug-likeness (QED) is 0.740. The van der Waals surface area contributed by atoms with Gasteiger partial charge in [-0.3, -0.25) is 0 Å². The van der Waals surface area contributed by atoms with E-state index in [-0.39, 0.29) is 6.42 Å². The first-order chi connectivity index (χ1) is 9.94. The molecule has 1 aromatic carbocycles. The van der Waals surface area contributed by atoms with Crippen molar-refractivity contribution in [2.75, 3.05) is 18.4 Å². The van der Waals surface area contributed by atoms with Crippen molar-refractivity contribution in [3.63, 3.8) is 0 Å². The maximum absolute atomic E-state index is 10.0. The van der Waals surface area contributed by atoms with Crippen molar-refractivity contribution in [1.82, 2.24) is 0 Å². The third kappa shape index (κ3) is 4.51. The van der Waals surface area contributed by atoms with Crippen LogP contribution in [0.3, 0.4) is 0 Å². The summed E-state index contributed by atoms with van der Waals surface area (Å²) in [4.78, 5) is 0. The number of anilines is 1. The monoisotopic (exact) mass is 264 g/mol. The average molecular weight is 264 g/mol. The molecular weight excluding hydrogens is 236 g/mol. The standard InChI is InChI=1S/C16H26N2O/c17-10-9-16(19)14-7-4-8-15(11-14)18-12-13-5-2-1-3-6-13/h4,7-8,11,13,16,18-19H,1-3,5-6,9-10,12,17H2/i10D2. The molecule has 3 heteroatoms. The fourth-order valence-electron chi connectivity index (χ4n) is 2.74. The van der Waals surface area contributed by atoms with Gasteiger partial charge < -0.3 is 16.2 Å². The molecule has 0 bridgehead atoms. The predicted octanol–water partition coefficient (Wildman–Crippen LogP) is 3.06. The smallest absolute Gasteiger partial charge is 0.0802 e. The van der Waals surface area contributed by atoms with Gasteiger partial charge in [0, 0.05) is 15.0 Å². The Morgan fingerprint density at radius 1 is 1.37 bits per heavy atom. The van der Waals surface area contributed by atoms with Crippen LogP contribution in [0.5, 0.6) is 0 Å². The lowest BCUT2D eigenvalue weighted by atomic mass is 9.89. The Balaban J connectivity index is 1.90. The molecule has 1 aliphatic rings. The van der Waals surface area contributed by atoms with Crippen molar-refractivity contribution in [3.8, 4) is 0 Å². The number of benzene rings is 1. The summed E-state index contributed by atoms with van der Waals surface area (Å²) < 4.78 is 14.7. The molecule has 3 nitrogen and oxygen atoms in total. The Labute approximate surface area is 119 Å². The highest BCUT2D eigenvalue weighted by molar-refractivity contribution is 5.46. The van der Waals surface area contributed by atoms with Crippen molar-refractivity contribution < 1.29 is 7.85 Å². The van der Waals surface area contributed by atoms with Gasteiger partial charge in [-0.1, -0.05) is 31.4 Å². The topological polar surface area (TPSA) is 58.3 Å². The zero-order valence-corrected chi connectivity index (χ0v) is 11.4. The summed E-state index contributed by atoms with van der Waals surface area (Å²) in [5, 5.41) is 13.5. The third-order valence-electron chi connectivity index (χ3n) is 3.90. The summed E-state index contributed by atoms with van der Waals surface area (Å²) in [5.74, 6) is 0.741. The van der Waals surface area contributed by atoms with E-state index in [1.54, 1.807) is 0 Å². The number of aliphatic hydroxyl groups is 1. The largest absolute Gasteiger partial charge is 0.388 e. The molecule has 1 unspecified atom stereocenters. The van der Waals surface area contributed by atoms with Gasteiger partial charge in [0.2, 0.25) is 0 Å². The van der Waals surface area contributed by atoms with Crippen LogP contribution in [-0.4, -0.2) is 18.1 Å². The number of aliphatic hydroxyl groups excluding tert-OH is 1. The maximum Gasteiger partial charge on any atom is 0.0802 e. The van der Waals surface area contributed by atoms with Crippen LogP contribution in [0.15, 0.2) is 24.3 Å². The Hall–Kier alpha value is -1.06. The molecule has 1 aliphatic carbocycles. The normalized spacial score (nSPS) is 20.5. The van der Waals surface area contributed by atoms with E-state index >= 15 is 0 Å². The molecule has 0 saturated heterocycles. The summed E-state index contributed by atoms with van der Waals surface area (Å²) in [6.07, 6.45) is 5.64. The maximum atomic E-state index is 10.0. The molecule has 19 heavy (non-hydrogen) atoms. The highest BCUT2D eigenvalue weighted by Gasteiger charge is 2.13. The Kier molecular flexibility index (Phi) is 4.64. The first kappa shape index (κ1) is 11.7. The molecule has 1 saturated carbocycles. The van der Waals surface area contributed by atoms with E-state index in [0.717, 1.165) is 18.2 Å². The van der Waals surface area contributed by atoms with Gasteiger partial charge in [-0.25, -0.2) is 0 Å². The van der Waals surface area contributed by atoms with Gasteiger partial charge in [-0.15, -0.1) is 0 Å². The zero-order chi connectivity index (χ0) is 15.3. The first-order valence-corrected chi connectivity index (χ1v) is 7.25. The molecule has 1 fully saturated rings. The van der Waals surface area contributed by atoms with Crippen LogP contribution in [0.4, 0.5) is 5.69 Å². The Morgan fingerprint density at radius 3 is 2.89 bits per heavy atom. The predicted molar refractivity (Wildman–Crippen MR) is 80.1 cm³/mol. The lowest BCUT2D eigenvalue weighted by Gasteiger charge is -2.22. The summed E-state index contributed by atoms with van der Waals surface area (Å²) in [5.41, 5.74) is 7.01. The Bertz CT molecular complexity index is 442. The lowest BCUT2D eigenvalue weighted by Crippen LogP contribution is -2.17. The third-order valence-corrected chi connectivity index (χ3v) is 3.90. The second-order valence-corrected chi connectivity index (χ2v) is 5.43. The van der Waals surface area contributed by atoms with Crippen molar-refractivity contribution in [2.45, 2.75) is 44.6 Å². The van der Waals surface area contributed by atoms with Crippen LogP contribution >= 0.6 is 0 Å². The molecule has 0 aromatic heterocycles. The van der Waals surface area contributed by atoms with Gasteiger partial charge in [0.25, 0.3) is 0 Å². The highest BCUT2D eigenvalue weighted by atomic mass is 16.3. The minimum Gasteiger partial charge on any atom is -0.388 e. The molecule has 0 radical (unpaired) electrons. The van der Waals surface area contributed by atoms with E-state index in [4.69, 9.17) is 8.48 Å². The molecule has 0 amide bonds. The molecular formula is C16H26N2O. The van der Waals surface area contributed by atoms with Crippen LogP contribution in [0, 0.1) is 5.92 Å². The van der Waals surface area contributed by atoms with Gasteiger partial charge in [0.05, 0.1) is 6.10 Å². The van der Waals surface area contributed by atoms with Gasteiger partial charge in [0.15, 0.2) is 0 Å². The van der Waals surface area contributed by atoms with Crippen LogP contribution in [0.1, 0.15) is 52.9 Å². The average Bonchev–Trinajstić information content (AvgIpc) is 2.45. The molecule has 1 atom stereocenters. The number of nitrogens with two attached hydrogens (primary N) is 1. The van der Waals surface area contributed by atoms with Gasteiger partial charge >= 0.3 is 0 Å². The lowest BCUT2D eigenvalue weighted by molar-refractivity contribution is 0.170. The van der Waals surface area contributed by atoms with Crippen LogP contribution in [0.25, 0.3) is 0 Å². The molecule has 0 heterocycles. The van der Waals surface area contributed by atoms with Gasteiger partial charge in [-0.2, -0.15) is 0 Å². The van der Waals surface area contributed by atoms with E-state index in [2.05, 4.69) is 5.32 Å². The van der Waals surface area contributed by atoms with Crippen molar-refractivity contribution in [1.29, 1.82) is 0 Å². The molecule has 2 rings (SSSR count). The van der Waals surface area contributed by atoms with E-state index in [9.17, 15) is 5.11 Å². The summed E-state index contributed by atoms with van der Waals surface area (Å²) in [6, 6.07) is 7.56. The SMILES string of the molecule is [2H]C([2H])(N)CC(O)c1cccc(NCC2CCCCC2)c1. The minimum absolute atomic E-state index is 0.0981. The molecule has 106 valence electrons. The summed E-state index contributed by atoms with van der Waals surface area (Å²) in [7, 11) is 0. The van der Waals surface area contributed by atoms with Crippen LogP contribution < -0.4 is 11.1 Å². The van der Waals surface area contributed by atoms with E-state index < -0.39 is 12.6 Å². The number of rotatable bonds is 6. The zero-order valence-electron chi connectivity index (χ0n) is 13.4. The first-order valence-electron chi connectivity index (χ1n) is 8.25. The second kappa shape index (κ2) is 7.51. The van der Waals surface area contributed by atoms with Gasteiger partial charge in [0.1, 0.15) is 0 Å². The number of hydrogen-bond acceptors (Lipinski definition) is 3. The summed E-state index contributed by atoms with van der Waals surface area (Å²) in [6.45, 7) is -0.887. The molecule has 0 spiro atoms.